The molecule has 2 aromatic rings. The van der Waals surface area contributed by atoms with Gasteiger partial charge in [-0.1, -0.05) is 0 Å². The molecule has 0 saturated carbocycles. The number of aliphatic hydroxyl groups excluding tert-OH is 2. The molecule has 2 aromatic heterocycles. The summed E-state index contributed by atoms with van der Waals surface area (Å²) < 4.78 is 50.2. The summed E-state index contributed by atoms with van der Waals surface area (Å²) in [5, 5.41) is 20.4. The SMILES string of the molecule is Nc1nc(N)c2ncn([C@@H]3O[C@H](COP(=O)([O-])OP(=O)([O-])OP(=O)([O-])[O-])[C@@H](O)[C@H]3O)c2n1. The number of ether oxygens (including phenoxy) is 1. The Morgan fingerprint density at radius 1 is 1.06 bits per heavy atom. The summed E-state index contributed by atoms with van der Waals surface area (Å²) in [6, 6.07) is 0. The van der Waals surface area contributed by atoms with Crippen LogP contribution >= 0.6 is 23.5 Å². The van der Waals surface area contributed by atoms with Gasteiger partial charge in [0.25, 0.3) is 15.6 Å². The second-order valence-electron chi connectivity index (χ2n) is 6.14. The number of nitrogens with two attached hydrogens (primary N) is 2. The lowest BCUT2D eigenvalue weighted by molar-refractivity contribution is -0.339. The Kier molecular flexibility index (Phi) is 6.78. The van der Waals surface area contributed by atoms with Gasteiger partial charge >= 0.3 is 0 Å². The molecule has 1 saturated heterocycles. The topological polar surface area (TPSA) is 316 Å². The van der Waals surface area contributed by atoms with Crippen LogP contribution in [0, 0.1) is 0 Å². The Morgan fingerprint density at radius 2 is 1.72 bits per heavy atom. The van der Waals surface area contributed by atoms with Crippen LogP contribution in [0.5, 0.6) is 0 Å². The van der Waals surface area contributed by atoms with Crippen molar-refractivity contribution < 1.29 is 61.4 Å². The zero-order valence-electron chi connectivity index (χ0n) is 15.3. The number of imidazole rings is 1. The number of hydrogen-bond donors (Lipinski definition) is 4. The fraction of sp³-hybridized carbons (Fsp3) is 0.500. The lowest BCUT2D eigenvalue weighted by Crippen LogP contribution is -2.34. The van der Waals surface area contributed by atoms with Crippen LogP contribution < -0.4 is 31.0 Å². The van der Waals surface area contributed by atoms with Crippen LogP contribution in [0.3, 0.4) is 0 Å². The maximum atomic E-state index is 11.6. The zero-order valence-corrected chi connectivity index (χ0v) is 17.9. The molecule has 0 spiro atoms. The monoisotopic (exact) mass is 518 g/mol. The molecule has 180 valence electrons. The Morgan fingerprint density at radius 3 is 2.34 bits per heavy atom. The molecule has 0 bridgehead atoms. The van der Waals surface area contributed by atoms with E-state index in [1.165, 1.54) is 0 Å². The first-order chi connectivity index (χ1) is 14.6. The van der Waals surface area contributed by atoms with Crippen molar-refractivity contribution in [2.75, 3.05) is 18.1 Å². The van der Waals surface area contributed by atoms with Gasteiger partial charge in [-0.3, -0.25) is 18.0 Å². The zero-order chi connectivity index (χ0) is 24.1. The molecule has 0 amide bonds. The van der Waals surface area contributed by atoms with Crippen LogP contribution in [0.15, 0.2) is 6.33 Å². The lowest BCUT2D eigenvalue weighted by Gasteiger charge is -2.37. The number of fused-ring (bicyclic) bond motifs is 1. The molecule has 32 heavy (non-hydrogen) atoms. The molecule has 1 aliphatic heterocycles. The number of anilines is 2. The molecule has 1 fully saturated rings. The average molecular weight is 518 g/mol. The molecular formula is C10H13N6O13P3-4. The number of nitrogens with zero attached hydrogens (tertiary/aromatic N) is 4. The largest absolute Gasteiger partial charge is 0.790 e. The fourth-order valence-corrected chi connectivity index (χ4v) is 5.55. The molecular weight excluding hydrogens is 505 g/mol. The first kappa shape index (κ1) is 25.1. The number of nitrogen functional groups attached to an aromatic ring is 2. The Bertz CT molecular complexity index is 1150. The van der Waals surface area contributed by atoms with Gasteiger partial charge in [-0.2, -0.15) is 9.97 Å². The van der Waals surface area contributed by atoms with Gasteiger partial charge in [0.2, 0.25) is 5.95 Å². The van der Waals surface area contributed by atoms with Gasteiger partial charge in [-0.25, -0.2) is 9.29 Å². The van der Waals surface area contributed by atoms with E-state index in [2.05, 4.69) is 28.1 Å². The van der Waals surface area contributed by atoms with Gasteiger partial charge in [-0.05, 0) is 0 Å². The Hall–Kier alpha value is -1.56. The van der Waals surface area contributed by atoms with Gasteiger partial charge in [0.05, 0.1) is 20.8 Å². The van der Waals surface area contributed by atoms with Crippen molar-refractivity contribution in [1.29, 1.82) is 0 Å². The summed E-state index contributed by atoms with van der Waals surface area (Å²) in [5.74, 6) is -0.326. The Balaban J connectivity index is 1.72. The molecule has 3 heterocycles. The van der Waals surface area contributed by atoms with Gasteiger partial charge in [0, 0.05) is 0 Å². The van der Waals surface area contributed by atoms with E-state index < -0.39 is 54.6 Å². The second-order valence-corrected chi connectivity index (χ2v) is 10.4. The van der Waals surface area contributed by atoms with Crippen molar-refractivity contribution in [2.24, 2.45) is 0 Å². The highest BCUT2D eigenvalue weighted by Gasteiger charge is 2.45. The standard InChI is InChI=1S/C10H17N6O13P3/c11-7-4-8(15-10(12)14-7)16(2-13-4)9-6(18)5(17)3(27-9)1-26-31(22,23)29-32(24,25)28-30(19,20)21/h2-3,5-6,9,17-18H,1H2,(H,22,23)(H,24,25)(H2,19,20,21)(H4,11,12,14,15)/p-4/t3-,5-,6-,9-/m1/s1. The molecule has 3 rings (SSSR count). The number of hydrogen-bond acceptors (Lipinski definition) is 18. The van der Waals surface area contributed by atoms with Gasteiger partial charge in [0.1, 0.15) is 23.8 Å². The third kappa shape index (κ3) is 5.67. The average Bonchev–Trinajstić information content (AvgIpc) is 3.12. The smallest absolute Gasteiger partial charge is 0.278 e. The lowest BCUT2D eigenvalue weighted by atomic mass is 10.1. The van der Waals surface area contributed by atoms with E-state index in [4.69, 9.17) is 16.2 Å². The molecule has 6 atom stereocenters. The molecule has 6 N–H and O–H groups in total. The van der Waals surface area contributed by atoms with Gasteiger partial charge < -0.3 is 55.1 Å². The van der Waals surface area contributed by atoms with E-state index in [0.717, 1.165) is 10.9 Å². The van der Waals surface area contributed by atoms with Gasteiger partial charge in [0.15, 0.2) is 17.7 Å². The Labute approximate surface area is 177 Å². The minimum atomic E-state index is -6.15. The van der Waals surface area contributed by atoms with Crippen LogP contribution in [-0.4, -0.2) is 54.7 Å². The summed E-state index contributed by atoms with van der Waals surface area (Å²) in [7, 11) is -18.1. The van der Waals surface area contributed by atoms with E-state index in [-0.39, 0.29) is 22.9 Å². The van der Waals surface area contributed by atoms with Crippen LogP contribution in [0.4, 0.5) is 11.8 Å². The predicted octanol–water partition coefficient (Wildman–Crippen LogP) is -4.57. The number of aliphatic hydroxyl groups is 2. The molecule has 2 unspecified atom stereocenters. The van der Waals surface area contributed by atoms with E-state index in [0.29, 0.717) is 0 Å². The van der Waals surface area contributed by atoms with Crippen LogP contribution in [0.1, 0.15) is 6.23 Å². The highest BCUT2D eigenvalue weighted by molar-refractivity contribution is 7.64. The normalized spacial score (nSPS) is 27.9. The first-order valence-corrected chi connectivity index (χ1v) is 12.5. The van der Waals surface area contributed by atoms with Crippen molar-refractivity contribution >= 4 is 46.4 Å². The van der Waals surface area contributed by atoms with Crippen molar-refractivity contribution in [3.63, 3.8) is 0 Å². The second kappa shape index (κ2) is 8.66. The van der Waals surface area contributed by atoms with Crippen molar-refractivity contribution in [3.05, 3.63) is 6.33 Å². The summed E-state index contributed by atoms with van der Waals surface area (Å²) in [6.07, 6.45) is -5.31. The third-order valence-corrected chi connectivity index (χ3v) is 7.54. The van der Waals surface area contributed by atoms with Crippen LogP contribution in [0.2, 0.25) is 0 Å². The molecule has 0 aromatic carbocycles. The van der Waals surface area contributed by atoms with Crippen LogP contribution in [0.25, 0.3) is 11.2 Å². The van der Waals surface area contributed by atoms with Gasteiger partial charge in [-0.15, -0.1) is 0 Å². The summed E-state index contributed by atoms with van der Waals surface area (Å²) in [4.78, 5) is 54.9. The molecule has 19 nitrogen and oxygen atoms in total. The minimum absolute atomic E-state index is 0.00902. The predicted molar refractivity (Wildman–Crippen MR) is 91.0 cm³/mol. The number of aromatic nitrogens is 4. The quantitative estimate of drug-likeness (QED) is 0.239. The summed E-state index contributed by atoms with van der Waals surface area (Å²) >= 11 is 0. The fourth-order valence-electron chi connectivity index (χ4n) is 2.69. The maximum Gasteiger partial charge on any atom is 0.278 e. The van der Waals surface area contributed by atoms with E-state index in [1.54, 1.807) is 0 Å². The summed E-state index contributed by atoms with van der Waals surface area (Å²) in [5.41, 5.74) is 11.3. The molecule has 0 aliphatic carbocycles. The first-order valence-electron chi connectivity index (χ1n) is 8.07. The third-order valence-electron chi connectivity index (χ3n) is 3.87. The number of phosphoric acid groups is 3. The van der Waals surface area contributed by atoms with E-state index in [9.17, 15) is 43.5 Å². The summed E-state index contributed by atoms with van der Waals surface area (Å²) in [6.45, 7) is -1.10. The minimum Gasteiger partial charge on any atom is -0.790 e. The van der Waals surface area contributed by atoms with Crippen LogP contribution in [-0.2, 0) is 31.6 Å². The molecule has 0 radical (unpaired) electrons. The van der Waals surface area contributed by atoms with Crippen molar-refractivity contribution in [3.8, 4) is 0 Å². The molecule has 1 aliphatic rings. The highest BCUT2D eigenvalue weighted by Crippen LogP contribution is 2.60. The van der Waals surface area contributed by atoms with Crippen molar-refractivity contribution in [2.45, 2.75) is 24.5 Å². The van der Waals surface area contributed by atoms with E-state index >= 15 is 0 Å². The number of rotatable bonds is 8. The van der Waals surface area contributed by atoms with Crippen molar-refractivity contribution in [1.82, 2.24) is 19.5 Å². The molecule has 22 heteroatoms. The maximum absolute atomic E-state index is 11.6. The number of phosphoric ester groups is 1. The highest BCUT2D eigenvalue weighted by atomic mass is 31.3. The van der Waals surface area contributed by atoms with E-state index in [1.807, 2.05) is 0 Å².